The molecule has 0 fully saturated rings. The van der Waals surface area contributed by atoms with E-state index in [2.05, 4.69) is 27.5 Å². The van der Waals surface area contributed by atoms with Crippen molar-refractivity contribution in [1.29, 1.82) is 0 Å². The summed E-state index contributed by atoms with van der Waals surface area (Å²) in [6.07, 6.45) is -1.07. The lowest BCUT2D eigenvalue weighted by atomic mass is 10.2. The van der Waals surface area contributed by atoms with Crippen LogP contribution < -0.4 is 20.1 Å². The predicted octanol–water partition coefficient (Wildman–Crippen LogP) is 7.34. The summed E-state index contributed by atoms with van der Waals surface area (Å²) in [6.45, 7) is 6.63. The number of benzene rings is 2. The number of aromatic nitrogens is 2. The number of ether oxygens (including phenoxy) is 2. The highest BCUT2D eigenvalue weighted by Gasteiger charge is 2.35. The van der Waals surface area contributed by atoms with Crippen molar-refractivity contribution in [1.82, 2.24) is 9.97 Å². The summed E-state index contributed by atoms with van der Waals surface area (Å²) in [5.41, 5.74) is 0.0769. The lowest BCUT2D eigenvalue weighted by Gasteiger charge is -2.16. The normalized spacial score (nSPS) is 12.2. The van der Waals surface area contributed by atoms with Gasteiger partial charge in [0.1, 0.15) is 22.9 Å². The standard InChI is InChI=1S/C25H29F3N4O2/c1-4-6-14-33-20-12-10-18(11-13-20)31-24-29-16-22(25(26,27)28)23(32-24)30-19-8-7-9-21(15-19)34-17(3)5-2/h7-13,15-17H,4-6,14H2,1-3H3,(H2,29,30,31,32). The summed E-state index contributed by atoms with van der Waals surface area (Å²) in [7, 11) is 0. The zero-order valence-electron chi connectivity index (χ0n) is 19.4. The van der Waals surface area contributed by atoms with Crippen molar-refractivity contribution in [2.24, 2.45) is 0 Å². The Morgan fingerprint density at radius 3 is 2.41 bits per heavy atom. The second-order valence-corrected chi connectivity index (χ2v) is 7.79. The number of rotatable bonds is 11. The smallest absolute Gasteiger partial charge is 0.421 e. The third kappa shape index (κ3) is 7.26. The van der Waals surface area contributed by atoms with Gasteiger partial charge in [-0.25, -0.2) is 4.98 Å². The minimum absolute atomic E-state index is 0.0146. The SMILES string of the molecule is CCCCOc1ccc(Nc2ncc(C(F)(F)F)c(Nc3cccc(OC(C)CC)c3)n2)cc1. The van der Waals surface area contributed by atoms with Crippen LogP contribution in [0.15, 0.2) is 54.7 Å². The van der Waals surface area contributed by atoms with Crippen molar-refractivity contribution in [2.75, 3.05) is 17.2 Å². The quantitative estimate of drug-likeness (QED) is 0.283. The van der Waals surface area contributed by atoms with Gasteiger partial charge in [-0.15, -0.1) is 0 Å². The van der Waals surface area contributed by atoms with Gasteiger partial charge >= 0.3 is 6.18 Å². The van der Waals surface area contributed by atoms with E-state index < -0.39 is 11.7 Å². The molecular weight excluding hydrogens is 445 g/mol. The molecule has 0 saturated carbocycles. The van der Waals surface area contributed by atoms with Crippen molar-refractivity contribution in [2.45, 2.75) is 52.3 Å². The molecule has 3 rings (SSSR count). The maximum atomic E-state index is 13.6. The Morgan fingerprint density at radius 2 is 1.74 bits per heavy atom. The third-order valence-electron chi connectivity index (χ3n) is 4.98. The van der Waals surface area contributed by atoms with Gasteiger partial charge in [-0.05, 0) is 56.2 Å². The van der Waals surface area contributed by atoms with Crippen molar-refractivity contribution in [3.63, 3.8) is 0 Å². The Balaban J connectivity index is 1.80. The van der Waals surface area contributed by atoms with Crippen LogP contribution in [0.5, 0.6) is 11.5 Å². The molecule has 1 atom stereocenters. The Hall–Kier alpha value is -3.49. The van der Waals surface area contributed by atoms with E-state index >= 15 is 0 Å². The van der Waals surface area contributed by atoms with Crippen LogP contribution in [-0.4, -0.2) is 22.7 Å². The Kier molecular flexibility index (Phi) is 8.56. The summed E-state index contributed by atoms with van der Waals surface area (Å²) in [5, 5.41) is 5.70. The molecule has 0 aliphatic carbocycles. The number of unbranched alkanes of at least 4 members (excludes halogenated alkanes) is 1. The summed E-state index contributed by atoms with van der Waals surface area (Å²) in [4.78, 5) is 7.95. The van der Waals surface area contributed by atoms with Crippen LogP contribution in [0.25, 0.3) is 0 Å². The number of alkyl halides is 3. The number of hydrogen-bond acceptors (Lipinski definition) is 6. The summed E-state index contributed by atoms with van der Waals surface area (Å²) in [5.74, 6) is 0.947. The second-order valence-electron chi connectivity index (χ2n) is 7.79. The van der Waals surface area contributed by atoms with Crippen LogP contribution in [0.2, 0.25) is 0 Å². The van der Waals surface area contributed by atoms with E-state index in [9.17, 15) is 13.2 Å². The van der Waals surface area contributed by atoms with E-state index in [1.165, 1.54) is 0 Å². The Labute approximate surface area is 197 Å². The Morgan fingerprint density at radius 1 is 0.971 bits per heavy atom. The van der Waals surface area contributed by atoms with Gasteiger partial charge in [-0.1, -0.05) is 26.3 Å². The van der Waals surface area contributed by atoms with Crippen LogP contribution in [0.4, 0.5) is 36.3 Å². The van der Waals surface area contributed by atoms with Crippen LogP contribution in [0, 0.1) is 0 Å². The van der Waals surface area contributed by atoms with E-state index in [-0.39, 0.29) is 17.9 Å². The first-order chi connectivity index (χ1) is 16.3. The van der Waals surface area contributed by atoms with E-state index in [4.69, 9.17) is 9.47 Å². The van der Waals surface area contributed by atoms with E-state index in [0.717, 1.165) is 25.5 Å². The number of nitrogens with zero attached hydrogens (tertiary/aromatic N) is 2. The molecular formula is C25H29F3N4O2. The van der Waals surface area contributed by atoms with Gasteiger partial charge in [0, 0.05) is 23.6 Å². The van der Waals surface area contributed by atoms with Gasteiger partial charge < -0.3 is 20.1 Å². The fraction of sp³-hybridized carbons (Fsp3) is 0.360. The lowest BCUT2D eigenvalue weighted by Crippen LogP contribution is -2.13. The molecule has 34 heavy (non-hydrogen) atoms. The van der Waals surface area contributed by atoms with E-state index in [0.29, 0.717) is 29.5 Å². The molecule has 9 heteroatoms. The first-order valence-corrected chi connectivity index (χ1v) is 11.3. The van der Waals surface area contributed by atoms with Crippen molar-refractivity contribution in [3.8, 4) is 11.5 Å². The lowest BCUT2D eigenvalue weighted by molar-refractivity contribution is -0.137. The monoisotopic (exact) mass is 474 g/mol. The minimum Gasteiger partial charge on any atom is -0.494 e. The average Bonchev–Trinajstić information content (AvgIpc) is 2.80. The summed E-state index contributed by atoms with van der Waals surface area (Å²) < 4.78 is 52.2. The molecule has 0 bridgehead atoms. The molecule has 1 aromatic heterocycles. The number of nitrogens with one attached hydrogen (secondary N) is 2. The van der Waals surface area contributed by atoms with Gasteiger partial charge in [0.25, 0.3) is 0 Å². The fourth-order valence-corrected chi connectivity index (χ4v) is 2.94. The highest BCUT2D eigenvalue weighted by molar-refractivity contribution is 5.64. The zero-order chi connectivity index (χ0) is 24.6. The first-order valence-electron chi connectivity index (χ1n) is 11.3. The highest BCUT2D eigenvalue weighted by atomic mass is 19.4. The number of halogens is 3. The fourth-order valence-electron chi connectivity index (χ4n) is 2.94. The van der Waals surface area contributed by atoms with Crippen LogP contribution in [-0.2, 0) is 6.18 Å². The van der Waals surface area contributed by atoms with Crippen LogP contribution >= 0.6 is 0 Å². The molecule has 3 aromatic rings. The first kappa shape index (κ1) is 25.1. The molecule has 0 saturated heterocycles. The molecule has 2 aromatic carbocycles. The molecule has 0 radical (unpaired) electrons. The largest absolute Gasteiger partial charge is 0.494 e. The maximum Gasteiger partial charge on any atom is 0.421 e. The van der Waals surface area contributed by atoms with Gasteiger partial charge in [0.15, 0.2) is 0 Å². The highest BCUT2D eigenvalue weighted by Crippen LogP contribution is 2.36. The molecule has 1 heterocycles. The molecule has 1 unspecified atom stereocenters. The van der Waals surface area contributed by atoms with Crippen molar-refractivity contribution >= 4 is 23.1 Å². The molecule has 182 valence electrons. The number of hydrogen-bond donors (Lipinski definition) is 2. The van der Waals surface area contributed by atoms with Crippen LogP contribution in [0.3, 0.4) is 0 Å². The van der Waals surface area contributed by atoms with Crippen molar-refractivity contribution < 1.29 is 22.6 Å². The second kappa shape index (κ2) is 11.6. The molecule has 0 aliphatic rings. The van der Waals surface area contributed by atoms with E-state index in [1.807, 2.05) is 13.8 Å². The Bertz CT molecular complexity index is 1060. The average molecular weight is 475 g/mol. The molecule has 2 N–H and O–H groups in total. The van der Waals surface area contributed by atoms with Gasteiger partial charge in [-0.3, -0.25) is 0 Å². The summed E-state index contributed by atoms with van der Waals surface area (Å²) in [6, 6.07) is 13.8. The third-order valence-corrected chi connectivity index (χ3v) is 4.98. The predicted molar refractivity (Wildman–Crippen MR) is 127 cm³/mol. The molecule has 6 nitrogen and oxygen atoms in total. The van der Waals surface area contributed by atoms with Gasteiger partial charge in [-0.2, -0.15) is 18.2 Å². The topological polar surface area (TPSA) is 68.3 Å². The zero-order valence-corrected chi connectivity index (χ0v) is 19.4. The molecule has 0 spiro atoms. The van der Waals surface area contributed by atoms with Gasteiger partial charge in [0.05, 0.1) is 12.7 Å². The van der Waals surface area contributed by atoms with Crippen LogP contribution in [0.1, 0.15) is 45.6 Å². The molecule has 0 amide bonds. The van der Waals surface area contributed by atoms with Gasteiger partial charge in [0.2, 0.25) is 5.95 Å². The summed E-state index contributed by atoms with van der Waals surface area (Å²) >= 11 is 0. The maximum absolute atomic E-state index is 13.6. The minimum atomic E-state index is -4.62. The van der Waals surface area contributed by atoms with E-state index in [1.54, 1.807) is 48.5 Å². The molecule has 0 aliphatic heterocycles. The number of anilines is 4. The van der Waals surface area contributed by atoms with Crippen molar-refractivity contribution in [3.05, 3.63) is 60.3 Å².